The van der Waals surface area contributed by atoms with Gasteiger partial charge in [0, 0.05) is 12.8 Å². The fourth-order valence-electron chi connectivity index (χ4n) is 7.51. The van der Waals surface area contributed by atoms with Gasteiger partial charge in [-0.3, -0.25) is 0 Å². The van der Waals surface area contributed by atoms with Crippen LogP contribution in [0, 0.1) is 83.1 Å². The average molecular weight is 563 g/mol. The quantitative estimate of drug-likeness (QED) is 0.208. The molecule has 0 saturated heterocycles. The number of benzene rings is 3. The molecule has 0 N–H and O–H groups in total. The Balaban J connectivity index is 1.69. The second kappa shape index (κ2) is 12.3. The van der Waals surface area contributed by atoms with Gasteiger partial charge in [0.2, 0.25) is 0 Å². The van der Waals surface area contributed by atoms with Crippen molar-refractivity contribution in [3.63, 3.8) is 0 Å². The third-order valence-corrected chi connectivity index (χ3v) is 11.3. The zero-order chi connectivity index (χ0) is 31.2. The molecule has 0 unspecified atom stereocenters. The Bertz CT molecular complexity index is 1640. The van der Waals surface area contributed by atoms with E-state index < -0.39 is 0 Å². The number of hydrogen-bond donors (Lipinski definition) is 0. The summed E-state index contributed by atoms with van der Waals surface area (Å²) < 4.78 is 6.56. The van der Waals surface area contributed by atoms with Gasteiger partial charge >= 0.3 is 0 Å². The van der Waals surface area contributed by atoms with Crippen molar-refractivity contribution in [2.45, 2.75) is 129 Å². The summed E-state index contributed by atoms with van der Waals surface area (Å²) >= 11 is 0. The number of hydrogen-bond acceptors (Lipinski definition) is 1. The van der Waals surface area contributed by atoms with Gasteiger partial charge in [-0.2, -0.15) is 0 Å². The number of furan rings is 1. The van der Waals surface area contributed by atoms with Crippen molar-refractivity contribution in [2.75, 3.05) is 0 Å². The van der Waals surface area contributed by atoms with Crippen LogP contribution < -0.4 is 0 Å². The third-order valence-electron chi connectivity index (χ3n) is 11.3. The maximum absolute atomic E-state index is 6.56. The molecule has 4 aromatic rings. The van der Waals surface area contributed by atoms with E-state index in [1.165, 1.54) is 100 Å². The van der Waals surface area contributed by atoms with E-state index >= 15 is 0 Å². The molecule has 3 aromatic carbocycles. The monoisotopic (exact) mass is 562 g/mol. The predicted octanol–water partition coefficient (Wildman–Crippen LogP) is 10.9. The van der Waals surface area contributed by atoms with E-state index in [9.17, 15) is 0 Å². The summed E-state index contributed by atoms with van der Waals surface area (Å²) in [6.07, 6.45) is 4.85. The minimum atomic E-state index is 0.840. The molecule has 0 aliphatic carbocycles. The first kappa shape index (κ1) is 31.9. The van der Waals surface area contributed by atoms with E-state index in [1.54, 1.807) is 0 Å². The molecule has 4 rings (SSSR count). The summed E-state index contributed by atoms with van der Waals surface area (Å²) in [5.74, 6) is 2.13. The summed E-state index contributed by atoms with van der Waals surface area (Å²) in [6, 6.07) is 4.41. The maximum atomic E-state index is 6.56. The van der Waals surface area contributed by atoms with E-state index in [1.807, 2.05) is 0 Å². The Morgan fingerprint density at radius 2 is 0.595 bits per heavy atom. The normalized spacial score (nSPS) is 11.6. The van der Waals surface area contributed by atoms with Crippen molar-refractivity contribution in [3.05, 3.63) is 124 Å². The zero-order valence-electron chi connectivity index (χ0n) is 29.1. The van der Waals surface area contributed by atoms with Crippen molar-refractivity contribution in [3.8, 4) is 0 Å². The maximum Gasteiger partial charge on any atom is 0.108 e. The molecule has 1 aromatic heterocycles. The lowest BCUT2D eigenvalue weighted by molar-refractivity contribution is 0.480. The van der Waals surface area contributed by atoms with Gasteiger partial charge in [-0.25, -0.2) is 0 Å². The van der Waals surface area contributed by atoms with Gasteiger partial charge < -0.3 is 4.42 Å². The van der Waals surface area contributed by atoms with Crippen LogP contribution in [0.15, 0.2) is 16.5 Å². The lowest BCUT2D eigenvalue weighted by Crippen LogP contribution is -2.10. The molecular weight excluding hydrogens is 508 g/mol. The van der Waals surface area contributed by atoms with Crippen molar-refractivity contribution < 1.29 is 4.42 Å². The Kier molecular flexibility index (Phi) is 9.31. The lowest BCUT2D eigenvalue weighted by Gasteiger charge is -2.24. The van der Waals surface area contributed by atoms with Crippen molar-refractivity contribution in [2.24, 2.45) is 0 Å². The zero-order valence-corrected chi connectivity index (χ0v) is 29.1. The van der Waals surface area contributed by atoms with Crippen LogP contribution >= 0.6 is 0 Å². The Morgan fingerprint density at radius 1 is 0.333 bits per heavy atom. The molecule has 1 heteroatoms. The first-order valence-electron chi connectivity index (χ1n) is 16.1. The SMILES string of the molecule is CCc1c(C)c(C)c(C)c(C)c1Cc1ccc(Cc2c(C)c(C)c(Cc3c(C)c(C)c(C)c(C)c3CC)c(C)c2C)o1. The van der Waals surface area contributed by atoms with Gasteiger partial charge in [-0.05, 0) is 215 Å². The first-order chi connectivity index (χ1) is 19.7. The molecule has 224 valence electrons. The summed E-state index contributed by atoms with van der Waals surface area (Å²) in [4.78, 5) is 0. The highest BCUT2D eigenvalue weighted by molar-refractivity contribution is 5.57. The van der Waals surface area contributed by atoms with Crippen LogP contribution in [0.4, 0.5) is 0 Å². The largest absolute Gasteiger partial charge is 0.465 e. The van der Waals surface area contributed by atoms with Crippen molar-refractivity contribution >= 4 is 0 Å². The molecule has 0 bridgehead atoms. The molecule has 0 aliphatic heterocycles. The third kappa shape index (κ3) is 5.41. The molecule has 42 heavy (non-hydrogen) atoms. The summed E-state index contributed by atoms with van der Waals surface area (Å²) in [6.45, 7) is 32.2. The lowest BCUT2D eigenvalue weighted by atomic mass is 9.81. The van der Waals surface area contributed by atoms with E-state index in [4.69, 9.17) is 4.42 Å². The molecule has 0 fully saturated rings. The van der Waals surface area contributed by atoms with Crippen LogP contribution in [0.2, 0.25) is 0 Å². The molecule has 0 atom stereocenters. The van der Waals surface area contributed by atoms with Gasteiger partial charge in [0.15, 0.2) is 0 Å². The molecule has 0 radical (unpaired) electrons. The van der Waals surface area contributed by atoms with E-state index in [0.717, 1.165) is 43.6 Å². The Hall–Kier alpha value is -3.06. The molecule has 1 heterocycles. The second-order valence-electron chi connectivity index (χ2n) is 13.0. The van der Waals surface area contributed by atoms with E-state index in [-0.39, 0.29) is 0 Å². The van der Waals surface area contributed by atoms with E-state index in [0.29, 0.717) is 0 Å². The average Bonchev–Trinajstić information content (AvgIpc) is 3.42. The van der Waals surface area contributed by atoms with E-state index in [2.05, 4.69) is 109 Å². The molecule has 0 amide bonds. The van der Waals surface area contributed by atoms with Crippen LogP contribution in [0.3, 0.4) is 0 Å². The van der Waals surface area contributed by atoms with Gasteiger partial charge in [0.05, 0.1) is 0 Å². The smallest absolute Gasteiger partial charge is 0.108 e. The van der Waals surface area contributed by atoms with Crippen LogP contribution in [-0.4, -0.2) is 0 Å². The summed E-state index contributed by atoms with van der Waals surface area (Å²) in [5, 5.41) is 0. The topological polar surface area (TPSA) is 13.1 Å². The molecule has 0 aliphatic rings. The molecule has 0 spiro atoms. The predicted molar refractivity (Wildman–Crippen MR) is 182 cm³/mol. The highest BCUT2D eigenvalue weighted by atomic mass is 16.3. The van der Waals surface area contributed by atoms with Crippen molar-refractivity contribution in [1.82, 2.24) is 0 Å². The minimum Gasteiger partial charge on any atom is -0.465 e. The summed E-state index contributed by atoms with van der Waals surface area (Å²) in [7, 11) is 0. The minimum absolute atomic E-state index is 0.840. The number of rotatable bonds is 8. The Morgan fingerprint density at radius 3 is 0.952 bits per heavy atom. The van der Waals surface area contributed by atoms with Gasteiger partial charge in [0.1, 0.15) is 11.5 Å². The molecule has 1 nitrogen and oxygen atoms in total. The van der Waals surface area contributed by atoms with Gasteiger partial charge in [-0.15, -0.1) is 0 Å². The molecular formula is C41H54O. The van der Waals surface area contributed by atoms with Crippen LogP contribution in [0.1, 0.15) is 126 Å². The fourth-order valence-corrected chi connectivity index (χ4v) is 7.51. The Labute approximate surface area is 256 Å². The van der Waals surface area contributed by atoms with Gasteiger partial charge in [-0.1, -0.05) is 13.8 Å². The fraction of sp³-hybridized carbons (Fsp3) is 0.463. The van der Waals surface area contributed by atoms with Crippen molar-refractivity contribution in [1.29, 1.82) is 0 Å². The highest BCUT2D eigenvalue weighted by Gasteiger charge is 2.21. The van der Waals surface area contributed by atoms with Crippen LogP contribution in [-0.2, 0) is 32.1 Å². The van der Waals surface area contributed by atoms with Gasteiger partial charge in [0.25, 0.3) is 0 Å². The van der Waals surface area contributed by atoms with Crippen LogP contribution in [0.5, 0.6) is 0 Å². The standard InChI is InChI=1S/C41H54O/c1-15-36-26(7)22(3)24(5)28(9)40(36)20-35-18-17-34(42-35)19-38-30(11)32(13)39(33(14)31(38)12)21-41-29(10)25(6)23(4)27(8)37(41)16-2/h17-18H,15-16,19-21H2,1-14H3. The van der Waals surface area contributed by atoms with Crippen LogP contribution in [0.25, 0.3) is 0 Å². The summed E-state index contributed by atoms with van der Waals surface area (Å²) in [5.41, 5.74) is 26.2. The second-order valence-corrected chi connectivity index (χ2v) is 13.0. The first-order valence-corrected chi connectivity index (χ1v) is 16.1. The highest BCUT2D eigenvalue weighted by Crippen LogP contribution is 2.35. The molecule has 0 saturated carbocycles.